The molecule has 0 bridgehead atoms. The molecule has 0 unspecified atom stereocenters. The SMILES string of the molecule is COCCN(C(=O)c1ccc2c(c1)OCO2)C1CCN(c2nc(C)cc(C)n2)CC1. The van der Waals surface area contributed by atoms with E-state index in [1.54, 1.807) is 25.3 Å². The summed E-state index contributed by atoms with van der Waals surface area (Å²) in [5, 5.41) is 0. The number of anilines is 1. The highest BCUT2D eigenvalue weighted by Crippen LogP contribution is 2.33. The number of fused-ring (bicyclic) bond motifs is 1. The van der Waals surface area contributed by atoms with Gasteiger partial charge in [-0.1, -0.05) is 0 Å². The molecule has 0 N–H and O–H groups in total. The minimum absolute atomic E-state index is 0.00792. The van der Waals surface area contributed by atoms with E-state index < -0.39 is 0 Å². The number of aryl methyl sites for hydroxylation is 2. The number of carbonyl (C=O) groups excluding carboxylic acids is 1. The van der Waals surface area contributed by atoms with E-state index in [0.717, 1.165) is 43.3 Å². The molecule has 2 aliphatic heterocycles. The topological polar surface area (TPSA) is 77.0 Å². The van der Waals surface area contributed by atoms with E-state index in [9.17, 15) is 4.79 Å². The number of hydrogen-bond donors (Lipinski definition) is 0. The van der Waals surface area contributed by atoms with Crippen molar-refractivity contribution in [1.82, 2.24) is 14.9 Å². The molecular formula is C22H28N4O4. The van der Waals surface area contributed by atoms with Gasteiger partial charge in [0.2, 0.25) is 12.7 Å². The summed E-state index contributed by atoms with van der Waals surface area (Å²) in [7, 11) is 1.66. The molecule has 0 aliphatic carbocycles. The molecule has 1 saturated heterocycles. The number of ether oxygens (including phenoxy) is 3. The number of aromatic nitrogens is 2. The van der Waals surface area contributed by atoms with Crippen molar-refractivity contribution < 1.29 is 19.0 Å². The Kier molecular flexibility index (Phi) is 6.03. The molecule has 8 heteroatoms. The molecule has 4 rings (SSSR count). The minimum atomic E-state index is -0.00792. The van der Waals surface area contributed by atoms with Gasteiger partial charge in [0.05, 0.1) is 6.61 Å². The average Bonchev–Trinajstić information content (AvgIpc) is 3.21. The standard InChI is InChI=1S/C22H28N4O4/c1-15-12-16(2)24-22(23-15)25-8-6-18(7-9-25)26(10-11-28-3)21(27)17-4-5-19-20(13-17)30-14-29-19/h4-5,12-13,18H,6-11,14H2,1-3H3. The zero-order chi connectivity index (χ0) is 21.1. The van der Waals surface area contributed by atoms with Crippen LogP contribution < -0.4 is 14.4 Å². The molecule has 0 saturated carbocycles. The third-order valence-electron chi connectivity index (χ3n) is 5.58. The van der Waals surface area contributed by atoms with Gasteiger partial charge in [0.1, 0.15) is 0 Å². The number of rotatable bonds is 6. The Morgan fingerprint density at radius 2 is 1.83 bits per heavy atom. The van der Waals surface area contributed by atoms with Gasteiger partial charge >= 0.3 is 0 Å². The van der Waals surface area contributed by atoms with Crippen molar-refractivity contribution in [1.29, 1.82) is 0 Å². The maximum atomic E-state index is 13.3. The van der Waals surface area contributed by atoms with Gasteiger partial charge in [-0.2, -0.15) is 0 Å². The average molecular weight is 412 g/mol. The lowest BCUT2D eigenvalue weighted by Gasteiger charge is -2.38. The highest BCUT2D eigenvalue weighted by atomic mass is 16.7. The zero-order valence-corrected chi connectivity index (χ0v) is 17.8. The molecule has 0 atom stereocenters. The van der Waals surface area contributed by atoms with Crippen LogP contribution in [0.2, 0.25) is 0 Å². The van der Waals surface area contributed by atoms with Crippen molar-refractivity contribution in [3.63, 3.8) is 0 Å². The second-order valence-electron chi connectivity index (χ2n) is 7.73. The Hall–Kier alpha value is -2.87. The number of amides is 1. The summed E-state index contributed by atoms with van der Waals surface area (Å²) in [4.78, 5) is 26.6. The molecule has 30 heavy (non-hydrogen) atoms. The molecule has 1 aromatic carbocycles. The lowest BCUT2D eigenvalue weighted by Crippen LogP contribution is -2.49. The molecule has 3 heterocycles. The van der Waals surface area contributed by atoms with Gasteiger partial charge in [-0.25, -0.2) is 9.97 Å². The lowest BCUT2D eigenvalue weighted by molar-refractivity contribution is 0.0568. The lowest BCUT2D eigenvalue weighted by atomic mass is 10.0. The van der Waals surface area contributed by atoms with Crippen LogP contribution in [-0.2, 0) is 4.74 Å². The third kappa shape index (κ3) is 4.33. The van der Waals surface area contributed by atoms with Crippen LogP contribution in [0.3, 0.4) is 0 Å². The summed E-state index contributed by atoms with van der Waals surface area (Å²) in [5.74, 6) is 2.06. The number of carbonyl (C=O) groups is 1. The summed E-state index contributed by atoms with van der Waals surface area (Å²) >= 11 is 0. The van der Waals surface area contributed by atoms with Gasteiger partial charge < -0.3 is 24.0 Å². The van der Waals surface area contributed by atoms with Crippen LogP contribution in [-0.4, -0.2) is 67.0 Å². The van der Waals surface area contributed by atoms with E-state index in [4.69, 9.17) is 14.2 Å². The smallest absolute Gasteiger partial charge is 0.254 e. The normalized spacial score (nSPS) is 16.0. The quantitative estimate of drug-likeness (QED) is 0.722. The van der Waals surface area contributed by atoms with Crippen molar-refractivity contribution in [3.05, 3.63) is 41.2 Å². The predicted molar refractivity (Wildman–Crippen MR) is 112 cm³/mol. The van der Waals surface area contributed by atoms with Crippen LogP contribution in [0.5, 0.6) is 11.5 Å². The molecule has 1 aromatic heterocycles. The highest BCUT2D eigenvalue weighted by Gasteiger charge is 2.30. The van der Waals surface area contributed by atoms with E-state index in [-0.39, 0.29) is 18.7 Å². The number of piperidine rings is 1. The van der Waals surface area contributed by atoms with Crippen molar-refractivity contribution >= 4 is 11.9 Å². The summed E-state index contributed by atoms with van der Waals surface area (Å²) < 4.78 is 16.1. The molecule has 0 radical (unpaired) electrons. The largest absolute Gasteiger partial charge is 0.454 e. The third-order valence-corrected chi connectivity index (χ3v) is 5.58. The van der Waals surface area contributed by atoms with Crippen molar-refractivity contribution in [2.75, 3.05) is 45.0 Å². The van der Waals surface area contributed by atoms with Crippen molar-refractivity contribution in [2.45, 2.75) is 32.7 Å². The van der Waals surface area contributed by atoms with E-state index in [0.29, 0.717) is 30.2 Å². The molecule has 2 aliphatic rings. The molecular weight excluding hydrogens is 384 g/mol. The van der Waals surface area contributed by atoms with Gasteiger partial charge in [0, 0.05) is 49.7 Å². The number of nitrogens with zero attached hydrogens (tertiary/aromatic N) is 4. The Bertz CT molecular complexity index is 892. The number of hydrogen-bond acceptors (Lipinski definition) is 7. The summed E-state index contributed by atoms with van der Waals surface area (Å²) in [6.45, 7) is 6.84. The summed E-state index contributed by atoms with van der Waals surface area (Å²) in [6, 6.07) is 7.48. The first kappa shape index (κ1) is 20.4. The van der Waals surface area contributed by atoms with Crippen molar-refractivity contribution in [3.8, 4) is 11.5 Å². The summed E-state index contributed by atoms with van der Waals surface area (Å²) in [5.41, 5.74) is 2.55. The first-order valence-electron chi connectivity index (χ1n) is 10.3. The molecule has 8 nitrogen and oxygen atoms in total. The zero-order valence-electron chi connectivity index (χ0n) is 17.8. The van der Waals surface area contributed by atoms with Gasteiger partial charge in [-0.05, 0) is 51.0 Å². The Balaban J connectivity index is 1.47. The number of benzene rings is 1. The van der Waals surface area contributed by atoms with Crippen LogP contribution in [0.15, 0.2) is 24.3 Å². The number of methoxy groups -OCH3 is 1. The first-order chi connectivity index (χ1) is 14.5. The van der Waals surface area contributed by atoms with E-state index in [1.165, 1.54) is 0 Å². The Morgan fingerprint density at radius 3 is 2.53 bits per heavy atom. The molecule has 160 valence electrons. The molecule has 1 amide bonds. The highest BCUT2D eigenvalue weighted by molar-refractivity contribution is 5.95. The van der Waals surface area contributed by atoms with Crippen molar-refractivity contribution in [2.24, 2.45) is 0 Å². The maximum Gasteiger partial charge on any atom is 0.254 e. The fourth-order valence-electron chi connectivity index (χ4n) is 4.06. The summed E-state index contributed by atoms with van der Waals surface area (Å²) in [6.07, 6.45) is 1.71. The van der Waals surface area contributed by atoms with Crippen LogP contribution in [0.25, 0.3) is 0 Å². The van der Waals surface area contributed by atoms with E-state index >= 15 is 0 Å². The molecule has 1 fully saturated rings. The van der Waals surface area contributed by atoms with Crippen LogP contribution in [0.4, 0.5) is 5.95 Å². The van der Waals surface area contributed by atoms with E-state index in [1.807, 2.05) is 24.8 Å². The fraction of sp³-hybridized carbons (Fsp3) is 0.500. The van der Waals surface area contributed by atoms with Crippen LogP contribution in [0, 0.1) is 13.8 Å². The van der Waals surface area contributed by atoms with Crippen LogP contribution in [0.1, 0.15) is 34.6 Å². The molecule has 2 aromatic rings. The molecule has 0 spiro atoms. The Labute approximate surface area is 176 Å². The first-order valence-corrected chi connectivity index (χ1v) is 10.3. The van der Waals surface area contributed by atoms with Gasteiger partial charge in [0.25, 0.3) is 5.91 Å². The fourth-order valence-corrected chi connectivity index (χ4v) is 4.06. The second kappa shape index (κ2) is 8.87. The maximum absolute atomic E-state index is 13.3. The monoisotopic (exact) mass is 412 g/mol. The van der Waals surface area contributed by atoms with Gasteiger partial charge in [-0.15, -0.1) is 0 Å². The predicted octanol–water partition coefficient (Wildman–Crippen LogP) is 2.58. The second-order valence-corrected chi connectivity index (χ2v) is 7.73. The Morgan fingerprint density at radius 1 is 1.13 bits per heavy atom. The van der Waals surface area contributed by atoms with Gasteiger partial charge in [0.15, 0.2) is 11.5 Å². The van der Waals surface area contributed by atoms with E-state index in [2.05, 4.69) is 14.9 Å². The van der Waals surface area contributed by atoms with Gasteiger partial charge in [-0.3, -0.25) is 4.79 Å². The minimum Gasteiger partial charge on any atom is -0.454 e. The van der Waals surface area contributed by atoms with Crippen LogP contribution >= 0.6 is 0 Å².